The molecule has 0 radical (unpaired) electrons. The number of hydrogen-bond acceptors (Lipinski definition) is 5. The predicted molar refractivity (Wildman–Crippen MR) is 159 cm³/mol. The van der Waals surface area contributed by atoms with E-state index in [1.165, 1.54) is 12.1 Å². The number of ether oxygens (including phenoxy) is 2. The van der Waals surface area contributed by atoms with Gasteiger partial charge >= 0.3 is 0 Å². The number of pyridine rings is 1. The SMILES string of the molecule is COc1ccc(Oc2ccc(N3C(=S)N[C@H](c4ccccn4)[C@@H]3c3ccc(-c4ccc(F)cc4Br)o3)cc2)cc1. The van der Waals surface area contributed by atoms with Gasteiger partial charge in [0.05, 0.1) is 18.8 Å². The van der Waals surface area contributed by atoms with E-state index in [0.29, 0.717) is 32.6 Å². The number of nitrogens with zero attached hydrogens (tertiary/aromatic N) is 2. The van der Waals surface area contributed by atoms with Gasteiger partial charge in [-0.3, -0.25) is 4.98 Å². The zero-order chi connectivity index (χ0) is 27.6. The van der Waals surface area contributed by atoms with Gasteiger partial charge in [0, 0.05) is 21.9 Å². The molecule has 1 aliphatic heterocycles. The van der Waals surface area contributed by atoms with Crippen LogP contribution in [0.1, 0.15) is 23.5 Å². The summed E-state index contributed by atoms with van der Waals surface area (Å²) in [6.07, 6.45) is 1.76. The molecule has 0 amide bonds. The Bertz CT molecular complexity index is 1650. The Morgan fingerprint density at radius 1 is 0.925 bits per heavy atom. The van der Waals surface area contributed by atoms with Crippen LogP contribution in [0.15, 0.2) is 112 Å². The van der Waals surface area contributed by atoms with Crippen LogP contribution in [-0.4, -0.2) is 17.2 Å². The Hall–Kier alpha value is -4.21. The van der Waals surface area contributed by atoms with Crippen molar-refractivity contribution in [3.63, 3.8) is 0 Å². The molecular weight excluding hydrogens is 593 g/mol. The van der Waals surface area contributed by atoms with E-state index >= 15 is 0 Å². The summed E-state index contributed by atoms with van der Waals surface area (Å²) in [4.78, 5) is 6.61. The zero-order valence-electron chi connectivity index (χ0n) is 21.3. The van der Waals surface area contributed by atoms with Gasteiger partial charge in [-0.2, -0.15) is 0 Å². The van der Waals surface area contributed by atoms with Crippen molar-refractivity contribution in [3.8, 4) is 28.6 Å². The summed E-state index contributed by atoms with van der Waals surface area (Å²) in [5, 5.41) is 3.98. The first-order valence-electron chi connectivity index (χ1n) is 12.5. The van der Waals surface area contributed by atoms with Gasteiger partial charge in [0.15, 0.2) is 5.11 Å². The highest BCUT2D eigenvalue weighted by Crippen LogP contribution is 2.44. The topological polar surface area (TPSA) is 59.8 Å². The Labute approximate surface area is 244 Å². The normalized spacial score (nSPS) is 16.6. The van der Waals surface area contributed by atoms with Crippen LogP contribution in [0, 0.1) is 5.82 Å². The highest BCUT2D eigenvalue weighted by molar-refractivity contribution is 9.10. The van der Waals surface area contributed by atoms with Gasteiger partial charge in [0.2, 0.25) is 0 Å². The van der Waals surface area contributed by atoms with Crippen LogP contribution in [0.25, 0.3) is 11.3 Å². The first-order valence-corrected chi connectivity index (χ1v) is 13.7. The molecule has 1 aliphatic rings. The number of methoxy groups -OCH3 is 1. The molecule has 0 aliphatic carbocycles. The number of benzene rings is 3. The fourth-order valence-electron chi connectivity index (χ4n) is 4.72. The molecule has 0 bridgehead atoms. The third-order valence-electron chi connectivity index (χ3n) is 6.62. The van der Waals surface area contributed by atoms with Crippen LogP contribution in [-0.2, 0) is 0 Å². The lowest BCUT2D eigenvalue weighted by molar-refractivity contribution is 0.413. The number of aromatic nitrogens is 1. The lowest BCUT2D eigenvalue weighted by Crippen LogP contribution is -2.29. The molecule has 2 aromatic heterocycles. The molecule has 1 N–H and O–H groups in total. The molecule has 1 fully saturated rings. The van der Waals surface area contributed by atoms with Gasteiger partial charge in [-0.1, -0.05) is 6.07 Å². The average molecular weight is 617 g/mol. The van der Waals surface area contributed by atoms with Crippen LogP contribution in [0.2, 0.25) is 0 Å². The predicted octanol–water partition coefficient (Wildman–Crippen LogP) is 8.22. The van der Waals surface area contributed by atoms with E-state index in [1.54, 1.807) is 19.4 Å². The maximum Gasteiger partial charge on any atom is 0.174 e. The van der Waals surface area contributed by atoms with E-state index in [-0.39, 0.29) is 17.9 Å². The first kappa shape index (κ1) is 26.0. The average Bonchev–Trinajstić information content (AvgIpc) is 3.59. The Kier molecular flexibility index (Phi) is 7.23. The molecule has 0 unspecified atom stereocenters. The second kappa shape index (κ2) is 11.1. The van der Waals surface area contributed by atoms with Crippen LogP contribution >= 0.6 is 28.1 Å². The molecule has 200 valence electrons. The van der Waals surface area contributed by atoms with Crippen molar-refractivity contribution >= 4 is 38.9 Å². The van der Waals surface area contributed by atoms with E-state index < -0.39 is 0 Å². The quantitative estimate of drug-likeness (QED) is 0.185. The summed E-state index contributed by atoms with van der Waals surface area (Å²) in [6, 6.07) is 28.6. The molecule has 6 nitrogen and oxygen atoms in total. The molecule has 3 heterocycles. The molecular formula is C31H23BrFN3O3S. The summed E-state index contributed by atoms with van der Waals surface area (Å²) in [7, 11) is 1.63. The number of hydrogen-bond donors (Lipinski definition) is 1. The Balaban J connectivity index is 1.33. The van der Waals surface area contributed by atoms with E-state index in [0.717, 1.165) is 22.7 Å². The summed E-state index contributed by atoms with van der Waals surface area (Å²) < 4.78 is 31.9. The molecule has 9 heteroatoms. The third kappa shape index (κ3) is 5.17. The second-order valence-corrected chi connectivity index (χ2v) is 10.3. The van der Waals surface area contributed by atoms with E-state index in [4.69, 9.17) is 26.1 Å². The van der Waals surface area contributed by atoms with Gasteiger partial charge in [0.1, 0.15) is 40.6 Å². The largest absolute Gasteiger partial charge is 0.497 e. The molecule has 3 aromatic carbocycles. The van der Waals surface area contributed by atoms with Crippen molar-refractivity contribution < 1.29 is 18.3 Å². The van der Waals surface area contributed by atoms with Crippen molar-refractivity contribution in [2.75, 3.05) is 12.0 Å². The van der Waals surface area contributed by atoms with Gasteiger partial charge in [0.25, 0.3) is 0 Å². The van der Waals surface area contributed by atoms with E-state index in [9.17, 15) is 4.39 Å². The third-order valence-corrected chi connectivity index (χ3v) is 7.59. The van der Waals surface area contributed by atoms with E-state index in [1.807, 2.05) is 83.8 Å². The minimum Gasteiger partial charge on any atom is -0.497 e. The molecule has 6 rings (SSSR count). The smallest absolute Gasteiger partial charge is 0.174 e. The number of thiocarbonyl (C=S) groups is 1. The molecule has 2 atom stereocenters. The molecule has 40 heavy (non-hydrogen) atoms. The van der Waals surface area contributed by atoms with Gasteiger partial charge < -0.3 is 24.1 Å². The van der Waals surface area contributed by atoms with Gasteiger partial charge in [-0.25, -0.2) is 4.39 Å². The van der Waals surface area contributed by atoms with Crippen molar-refractivity contribution in [1.82, 2.24) is 10.3 Å². The van der Waals surface area contributed by atoms with E-state index in [2.05, 4.69) is 26.2 Å². The molecule has 0 saturated carbocycles. The van der Waals surface area contributed by atoms with Gasteiger partial charge in [-0.05, 0) is 119 Å². The molecule has 5 aromatic rings. The first-order chi connectivity index (χ1) is 19.5. The highest BCUT2D eigenvalue weighted by atomic mass is 79.9. The summed E-state index contributed by atoms with van der Waals surface area (Å²) in [5.41, 5.74) is 2.45. The minimum absolute atomic E-state index is 0.264. The Morgan fingerprint density at radius 2 is 1.65 bits per heavy atom. The standard InChI is InChI=1S/C31H23BrFN3O3S/c1-37-21-10-12-23(13-11-21)38-22-8-6-20(7-9-22)36-30(29(35-31(36)40)26-4-2-3-17-34-26)28-16-15-27(39-28)24-14-5-19(33)18-25(24)32/h2-18,29-30H,1H3,(H,35,40)/t29-,30+/m1/s1. The lowest BCUT2D eigenvalue weighted by Gasteiger charge is -2.26. The number of furan rings is 1. The van der Waals surface area contributed by atoms with Crippen molar-refractivity contribution in [1.29, 1.82) is 0 Å². The summed E-state index contributed by atoms with van der Waals surface area (Å²) in [5.74, 6) is 3.13. The summed E-state index contributed by atoms with van der Waals surface area (Å²) >= 11 is 9.28. The highest BCUT2D eigenvalue weighted by Gasteiger charge is 2.42. The summed E-state index contributed by atoms with van der Waals surface area (Å²) in [6.45, 7) is 0. The monoisotopic (exact) mass is 615 g/mol. The van der Waals surface area contributed by atoms with Crippen LogP contribution in [0.4, 0.5) is 10.1 Å². The fourth-order valence-corrected chi connectivity index (χ4v) is 5.61. The van der Waals surface area contributed by atoms with Crippen LogP contribution in [0.3, 0.4) is 0 Å². The van der Waals surface area contributed by atoms with Crippen molar-refractivity contribution in [3.05, 3.63) is 125 Å². The molecule has 1 saturated heterocycles. The Morgan fingerprint density at radius 3 is 2.33 bits per heavy atom. The lowest BCUT2D eigenvalue weighted by atomic mass is 10.0. The van der Waals surface area contributed by atoms with Crippen LogP contribution < -0.4 is 19.7 Å². The van der Waals surface area contributed by atoms with Crippen molar-refractivity contribution in [2.24, 2.45) is 0 Å². The number of nitrogens with one attached hydrogen (secondary N) is 1. The number of rotatable bonds is 7. The zero-order valence-corrected chi connectivity index (χ0v) is 23.7. The molecule has 0 spiro atoms. The second-order valence-electron chi connectivity index (χ2n) is 9.09. The van der Waals surface area contributed by atoms with Gasteiger partial charge in [-0.15, -0.1) is 0 Å². The maximum atomic E-state index is 13.7. The minimum atomic E-state index is -0.330. The maximum absolute atomic E-state index is 13.7. The van der Waals surface area contributed by atoms with Crippen LogP contribution in [0.5, 0.6) is 17.2 Å². The van der Waals surface area contributed by atoms with Crippen molar-refractivity contribution in [2.45, 2.75) is 12.1 Å². The number of anilines is 1. The number of halogens is 2. The fraction of sp³-hybridized carbons (Fsp3) is 0.0968.